The largest absolute Gasteiger partial charge is 0.479 e. The van der Waals surface area contributed by atoms with Crippen LogP contribution in [0.15, 0.2) is 24.3 Å². The van der Waals surface area contributed by atoms with Gasteiger partial charge in [0, 0.05) is 15.8 Å². The van der Waals surface area contributed by atoms with Crippen LogP contribution in [-0.2, 0) is 4.79 Å². The Balaban J connectivity index is 2.15. The average molecular weight is 388 g/mol. The number of carboxylic acids is 1. The lowest BCUT2D eigenvalue weighted by atomic mass is 9.93. The predicted octanol–water partition coefficient (Wildman–Crippen LogP) is 3.15. The highest BCUT2D eigenvalue weighted by Crippen LogP contribution is 2.33. The molecule has 1 aromatic rings. The molecule has 6 heteroatoms. The molecule has 1 aromatic carbocycles. The molecule has 1 aliphatic heterocycles. The van der Waals surface area contributed by atoms with Crippen molar-refractivity contribution in [1.29, 1.82) is 0 Å². The summed E-state index contributed by atoms with van der Waals surface area (Å²) in [6.07, 6.45) is 1.65. The number of amides is 2. The van der Waals surface area contributed by atoms with Crippen molar-refractivity contribution in [3.63, 3.8) is 0 Å². The van der Waals surface area contributed by atoms with Crippen LogP contribution >= 0.6 is 22.6 Å². The molecular formula is C14H17IN2O3. The Labute approximate surface area is 131 Å². The normalized spacial score (nSPS) is 21.8. The van der Waals surface area contributed by atoms with Gasteiger partial charge in [0.15, 0.2) is 0 Å². The quantitative estimate of drug-likeness (QED) is 0.782. The number of carboxylic acid groups (broad SMARTS) is 1. The number of nitrogens with one attached hydrogen (secondary N) is 1. The fraction of sp³-hybridized carbons (Fsp3) is 0.429. The van der Waals surface area contributed by atoms with E-state index >= 15 is 0 Å². The summed E-state index contributed by atoms with van der Waals surface area (Å²) in [5.74, 6) is -0.921. The van der Waals surface area contributed by atoms with Crippen LogP contribution in [0, 0.1) is 3.57 Å². The van der Waals surface area contributed by atoms with Gasteiger partial charge in [-0.3, -0.25) is 0 Å². The van der Waals surface area contributed by atoms with E-state index in [1.165, 1.54) is 4.90 Å². The number of urea groups is 1. The van der Waals surface area contributed by atoms with E-state index in [0.29, 0.717) is 25.1 Å². The first kappa shape index (κ1) is 15.1. The molecule has 0 aliphatic carbocycles. The molecule has 20 heavy (non-hydrogen) atoms. The van der Waals surface area contributed by atoms with Gasteiger partial charge < -0.3 is 15.3 Å². The molecule has 0 aromatic heterocycles. The fourth-order valence-electron chi connectivity index (χ4n) is 2.64. The second-order valence-electron chi connectivity index (χ2n) is 4.88. The van der Waals surface area contributed by atoms with E-state index in [9.17, 15) is 14.7 Å². The van der Waals surface area contributed by atoms with Crippen LogP contribution in [0.5, 0.6) is 0 Å². The molecule has 108 valence electrons. The molecule has 1 unspecified atom stereocenters. The summed E-state index contributed by atoms with van der Waals surface area (Å²) in [7, 11) is 0. The van der Waals surface area contributed by atoms with Crippen molar-refractivity contribution < 1.29 is 14.7 Å². The van der Waals surface area contributed by atoms with E-state index in [-0.39, 0.29) is 6.03 Å². The van der Waals surface area contributed by atoms with E-state index in [1.54, 1.807) is 0 Å². The number of likely N-dealkylation sites (tertiary alicyclic amines) is 1. The zero-order chi connectivity index (χ0) is 14.8. The number of hydrogen-bond donors (Lipinski definition) is 2. The Kier molecular flexibility index (Phi) is 4.52. The Morgan fingerprint density at radius 2 is 2.05 bits per heavy atom. The van der Waals surface area contributed by atoms with Crippen molar-refractivity contribution in [2.24, 2.45) is 0 Å². The lowest BCUT2D eigenvalue weighted by molar-refractivity contribution is -0.148. The van der Waals surface area contributed by atoms with Crippen molar-refractivity contribution in [2.45, 2.75) is 31.7 Å². The van der Waals surface area contributed by atoms with E-state index < -0.39 is 11.5 Å². The minimum atomic E-state index is -1.06. The maximum Gasteiger partial charge on any atom is 0.329 e. The van der Waals surface area contributed by atoms with Crippen LogP contribution in [-0.4, -0.2) is 34.1 Å². The van der Waals surface area contributed by atoms with E-state index in [1.807, 2.05) is 31.2 Å². The van der Waals surface area contributed by atoms with Gasteiger partial charge in [0.25, 0.3) is 0 Å². The predicted molar refractivity (Wildman–Crippen MR) is 84.8 cm³/mol. The second-order valence-corrected chi connectivity index (χ2v) is 6.13. The summed E-state index contributed by atoms with van der Waals surface area (Å²) in [6.45, 7) is 2.29. The van der Waals surface area contributed by atoms with Crippen LogP contribution in [0.25, 0.3) is 0 Å². The lowest BCUT2D eigenvalue weighted by Crippen LogP contribution is -2.54. The number of hydrogen-bond acceptors (Lipinski definition) is 2. The van der Waals surface area contributed by atoms with Crippen LogP contribution in [0.4, 0.5) is 10.5 Å². The second kappa shape index (κ2) is 5.99. The molecule has 1 saturated heterocycles. The van der Waals surface area contributed by atoms with Gasteiger partial charge >= 0.3 is 12.0 Å². The van der Waals surface area contributed by atoms with Gasteiger partial charge in [-0.05, 0) is 66.1 Å². The maximum atomic E-state index is 12.3. The Morgan fingerprint density at radius 1 is 1.40 bits per heavy atom. The summed E-state index contributed by atoms with van der Waals surface area (Å²) < 4.78 is 1.08. The number of rotatable bonds is 3. The van der Waals surface area contributed by atoms with Gasteiger partial charge in [0.05, 0.1) is 0 Å². The summed E-state index contributed by atoms with van der Waals surface area (Å²) in [6, 6.07) is 7.07. The van der Waals surface area contributed by atoms with E-state index in [2.05, 4.69) is 27.9 Å². The first-order chi connectivity index (χ1) is 9.49. The van der Waals surface area contributed by atoms with Crippen molar-refractivity contribution in [2.75, 3.05) is 11.9 Å². The van der Waals surface area contributed by atoms with Crippen LogP contribution < -0.4 is 5.32 Å². The third-order valence-corrected chi connectivity index (χ3v) is 4.53. The van der Waals surface area contributed by atoms with Gasteiger partial charge in [0.1, 0.15) is 5.54 Å². The fourth-order valence-corrected chi connectivity index (χ4v) is 3.00. The minimum Gasteiger partial charge on any atom is -0.479 e. The smallest absolute Gasteiger partial charge is 0.329 e. The topological polar surface area (TPSA) is 69.6 Å². The molecule has 1 fully saturated rings. The molecule has 1 aliphatic rings. The SMILES string of the molecule is CCC1(C(=O)O)CCCN1C(=O)Nc1ccc(I)cc1. The number of aliphatic carboxylic acids is 1. The van der Waals surface area contributed by atoms with Gasteiger partial charge in [-0.25, -0.2) is 9.59 Å². The third kappa shape index (κ3) is 2.74. The minimum absolute atomic E-state index is 0.340. The highest BCUT2D eigenvalue weighted by molar-refractivity contribution is 14.1. The molecule has 1 atom stereocenters. The number of halogens is 1. The van der Waals surface area contributed by atoms with E-state index in [4.69, 9.17) is 0 Å². The summed E-state index contributed by atoms with van der Waals surface area (Å²) in [4.78, 5) is 25.3. The Morgan fingerprint density at radius 3 is 2.60 bits per heavy atom. The molecule has 0 radical (unpaired) electrons. The number of carbonyl (C=O) groups is 2. The first-order valence-corrected chi connectivity index (χ1v) is 7.65. The monoisotopic (exact) mass is 388 g/mol. The number of nitrogens with zero attached hydrogens (tertiary/aromatic N) is 1. The molecule has 0 spiro atoms. The Bertz CT molecular complexity index is 518. The molecule has 2 amide bonds. The molecule has 0 bridgehead atoms. The summed E-state index contributed by atoms with van der Waals surface area (Å²) in [5, 5.41) is 12.2. The molecule has 2 rings (SSSR count). The van der Waals surface area contributed by atoms with Gasteiger partial charge in [0.2, 0.25) is 0 Å². The lowest BCUT2D eigenvalue weighted by Gasteiger charge is -2.33. The van der Waals surface area contributed by atoms with Gasteiger partial charge in [-0.15, -0.1) is 0 Å². The number of benzene rings is 1. The summed E-state index contributed by atoms with van der Waals surface area (Å²) >= 11 is 2.19. The molecule has 0 saturated carbocycles. The zero-order valence-corrected chi connectivity index (χ0v) is 13.4. The van der Waals surface area contributed by atoms with Crippen molar-refractivity contribution >= 4 is 40.3 Å². The molecular weight excluding hydrogens is 371 g/mol. The summed E-state index contributed by atoms with van der Waals surface area (Å²) in [5.41, 5.74) is -0.384. The van der Waals surface area contributed by atoms with Gasteiger partial charge in [-0.2, -0.15) is 0 Å². The van der Waals surface area contributed by atoms with Crippen LogP contribution in [0.2, 0.25) is 0 Å². The molecule has 1 heterocycles. The first-order valence-electron chi connectivity index (χ1n) is 6.57. The van der Waals surface area contributed by atoms with Crippen LogP contribution in [0.3, 0.4) is 0 Å². The highest BCUT2D eigenvalue weighted by atomic mass is 127. The van der Waals surface area contributed by atoms with E-state index in [0.717, 1.165) is 9.99 Å². The maximum absolute atomic E-state index is 12.3. The third-order valence-electron chi connectivity index (χ3n) is 3.81. The van der Waals surface area contributed by atoms with Crippen molar-refractivity contribution in [3.05, 3.63) is 27.8 Å². The molecule has 5 nitrogen and oxygen atoms in total. The van der Waals surface area contributed by atoms with Gasteiger partial charge in [-0.1, -0.05) is 6.92 Å². The van der Waals surface area contributed by atoms with Crippen LogP contribution in [0.1, 0.15) is 26.2 Å². The molecule has 2 N–H and O–H groups in total. The Hall–Kier alpha value is -1.31. The average Bonchev–Trinajstić information content (AvgIpc) is 2.86. The van der Waals surface area contributed by atoms with Crippen molar-refractivity contribution in [1.82, 2.24) is 4.90 Å². The standard InChI is InChI=1S/C14H17IN2O3/c1-2-14(12(18)19)8-3-9-17(14)13(20)16-11-6-4-10(15)5-7-11/h4-7H,2-3,8-9H2,1H3,(H,16,20)(H,18,19). The number of anilines is 1. The van der Waals surface area contributed by atoms with Crippen molar-refractivity contribution in [3.8, 4) is 0 Å². The number of carbonyl (C=O) groups excluding carboxylic acids is 1. The zero-order valence-electron chi connectivity index (χ0n) is 11.2. The highest BCUT2D eigenvalue weighted by Gasteiger charge is 2.48.